The molecule has 0 aliphatic carbocycles. The van der Waals surface area contributed by atoms with Crippen LogP contribution in [0.3, 0.4) is 0 Å². The summed E-state index contributed by atoms with van der Waals surface area (Å²) in [4.78, 5) is 18.6. The quantitative estimate of drug-likeness (QED) is 0.879. The van der Waals surface area contributed by atoms with Crippen LogP contribution in [0.15, 0.2) is 30.6 Å². The molecule has 2 heterocycles. The van der Waals surface area contributed by atoms with E-state index in [4.69, 9.17) is 0 Å². The van der Waals surface area contributed by atoms with E-state index < -0.39 is 0 Å². The Balaban J connectivity index is 1.53. The standard InChI is InChI=1S/C16H21N5O/c1-12-4-2-5-13(8-12)9-17-15(22)10-21-7-3-6-14(21)16-18-11-19-20-16/h2,4-5,8,11,14H,3,6-7,9-10H2,1H3,(H,17,22)(H,18,19,20)/t14-/m1/s1. The van der Waals surface area contributed by atoms with Crippen LogP contribution < -0.4 is 5.32 Å². The van der Waals surface area contributed by atoms with Crippen molar-refractivity contribution < 1.29 is 4.79 Å². The number of aryl methyl sites for hydroxylation is 1. The second kappa shape index (κ2) is 6.70. The van der Waals surface area contributed by atoms with Crippen molar-refractivity contribution in [2.45, 2.75) is 32.4 Å². The number of amides is 1. The normalized spacial score (nSPS) is 18.5. The van der Waals surface area contributed by atoms with Crippen molar-refractivity contribution in [3.8, 4) is 0 Å². The highest BCUT2D eigenvalue weighted by molar-refractivity contribution is 5.78. The Bertz CT molecular complexity index is 625. The highest BCUT2D eigenvalue weighted by atomic mass is 16.2. The van der Waals surface area contributed by atoms with E-state index in [0.29, 0.717) is 13.1 Å². The zero-order valence-corrected chi connectivity index (χ0v) is 12.7. The topological polar surface area (TPSA) is 73.9 Å². The molecule has 116 valence electrons. The molecule has 0 radical (unpaired) electrons. The van der Waals surface area contributed by atoms with Gasteiger partial charge in [0.1, 0.15) is 12.2 Å². The minimum absolute atomic E-state index is 0.0490. The van der Waals surface area contributed by atoms with E-state index in [1.54, 1.807) is 0 Å². The Hall–Kier alpha value is -2.21. The predicted molar refractivity (Wildman–Crippen MR) is 83.0 cm³/mol. The number of benzene rings is 1. The number of nitrogens with one attached hydrogen (secondary N) is 2. The number of rotatable bonds is 5. The molecule has 1 aromatic heterocycles. The van der Waals surface area contributed by atoms with Crippen LogP contribution in [-0.2, 0) is 11.3 Å². The van der Waals surface area contributed by atoms with Crippen LogP contribution in [0, 0.1) is 6.92 Å². The van der Waals surface area contributed by atoms with Crippen molar-refractivity contribution in [2.75, 3.05) is 13.1 Å². The summed E-state index contributed by atoms with van der Waals surface area (Å²) in [5.41, 5.74) is 2.33. The average molecular weight is 299 g/mol. The SMILES string of the molecule is Cc1cccc(CNC(=O)CN2CCC[C@@H]2c2ncn[nH]2)c1. The number of nitrogens with zero attached hydrogens (tertiary/aromatic N) is 3. The third-order valence-electron chi connectivity index (χ3n) is 4.03. The van der Waals surface area contributed by atoms with Crippen LogP contribution >= 0.6 is 0 Å². The first kappa shape index (κ1) is 14.7. The molecule has 22 heavy (non-hydrogen) atoms. The minimum atomic E-state index is 0.0490. The van der Waals surface area contributed by atoms with E-state index in [1.807, 2.05) is 12.1 Å². The van der Waals surface area contributed by atoms with Gasteiger partial charge in [0.25, 0.3) is 0 Å². The van der Waals surface area contributed by atoms with E-state index in [-0.39, 0.29) is 11.9 Å². The van der Waals surface area contributed by atoms with Crippen LogP contribution in [0.4, 0.5) is 0 Å². The molecule has 1 aliphatic rings. The first-order valence-electron chi connectivity index (χ1n) is 7.64. The highest BCUT2D eigenvalue weighted by Gasteiger charge is 2.29. The lowest BCUT2D eigenvalue weighted by Gasteiger charge is -2.21. The first-order chi connectivity index (χ1) is 10.7. The van der Waals surface area contributed by atoms with Crippen LogP contribution in [-0.4, -0.2) is 39.1 Å². The average Bonchev–Trinajstić information content (AvgIpc) is 3.16. The number of likely N-dealkylation sites (tertiary alicyclic amines) is 1. The molecular weight excluding hydrogens is 278 g/mol. The van der Waals surface area contributed by atoms with Crippen molar-refractivity contribution in [2.24, 2.45) is 0 Å². The van der Waals surface area contributed by atoms with E-state index in [1.165, 1.54) is 11.9 Å². The van der Waals surface area contributed by atoms with E-state index in [2.05, 4.69) is 44.5 Å². The molecular formula is C16H21N5O. The minimum Gasteiger partial charge on any atom is -0.351 e. The van der Waals surface area contributed by atoms with Gasteiger partial charge in [-0.05, 0) is 31.9 Å². The van der Waals surface area contributed by atoms with Crippen molar-refractivity contribution in [1.29, 1.82) is 0 Å². The van der Waals surface area contributed by atoms with E-state index in [0.717, 1.165) is 30.8 Å². The second-order valence-corrected chi connectivity index (χ2v) is 5.76. The number of carbonyl (C=O) groups excluding carboxylic acids is 1. The van der Waals surface area contributed by atoms with Gasteiger partial charge in [-0.15, -0.1) is 0 Å². The summed E-state index contributed by atoms with van der Waals surface area (Å²) < 4.78 is 0. The number of H-pyrrole nitrogens is 1. The molecule has 1 atom stereocenters. The monoisotopic (exact) mass is 299 g/mol. The number of hydrogen-bond donors (Lipinski definition) is 2. The van der Waals surface area contributed by atoms with Gasteiger partial charge in [0.05, 0.1) is 12.6 Å². The van der Waals surface area contributed by atoms with Crippen molar-refractivity contribution in [3.05, 3.63) is 47.5 Å². The van der Waals surface area contributed by atoms with Gasteiger partial charge < -0.3 is 5.32 Å². The molecule has 1 fully saturated rings. The summed E-state index contributed by atoms with van der Waals surface area (Å²) in [6.45, 7) is 3.94. The lowest BCUT2D eigenvalue weighted by molar-refractivity contribution is -0.122. The zero-order chi connectivity index (χ0) is 15.4. The number of aromatic amines is 1. The summed E-state index contributed by atoms with van der Waals surface area (Å²) in [5.74, 6) is 0.900. The van der Waals surface area contributed by atoms with Crippen molar-refractivity contribution in [3.63, 3.8) is 0 Å². The van der Waals surface area contributed by atoms with Crippen LogP contribution in [0.5, 0.6) is 0 Å². The Morgan fingerprint density at radius 1 is 1.50 bits per heavy atom. The number of carbonyl (C=O) groups is 1. The van der Waals surface area contributed by atoms with Gasteiger partial charge in [-0.3, -0.25) is 14.8 Å². The second-order valence-electron chi connectivity index (χ2n) is 5.76. The van der Waals surface area contributed by atoms with Crippen LogP contribution in [0.2, 0.25) is 0 Å². The molecule has 6 nitrogen and oxygen atoms in total. The van der Waals surface area contributed by atoms with Gasteiger partial charge in [-0.25, -0.2) is 4.98 Å². The molecule has 2 aromatic rings. The fraction of sp³-hybridized carbons (Fsp3) is 0.438. The van der Waals surface area contributed by atoms with Crippen molar-refractivity contribution in [1.82, 2.24) is 25.4 Å². The van der Waals surface area contributed by atoms with Gasteiger partial charge in [0, 0.05) is 6.54 Å². The highest BCUT2D eigenvalue weighted by Crippen LogP contribution is 2.28. The third kappa shape index (κ3) is 3.51. The summed E-state index contributed by atoms with van der Waals surface area (Å²) in [7, 11) is 0. The summed E-state index contributed by atoms with van der Waals surface area (Å²) in [5, 5.41) is 9.81. The summed E-state index contributed by atoms with van der Waals surface area (Å²) in [6, 6.07) is 8.36. The molecule has 3 rings (SSSR count). The molecule has 1 amide bonds. The Kier molecular flexibility index (Phi) is 4.48. The maximum Gasteiger partial charge on any atom is 0.234 e. The van der Waals surface area contributed by atoms with Gasteiger partial charge in [-0.2, -0.15) is 5.10 Å². The maximum atomic E-state index is 12.2. The Morgan fingerprint density at radius 2 is 2.41 bits per heavy atom. The van der Waals surface area contributed by atoms with Crippen molar-refractivity contribution >= 4 is 5.91 Å². The van der Waals surface area contributed by atoms with Gasteiger partial charge in [-0.1, -0.05) is 29.8 Å². The summed E-state index contributed by atoms with van der Waals surface area (Å²) in [6.07, 6.45) is 3.61. The largest absolute Gasteiger partial charge is 0.351 e. The van der Waals surface area contributed by atoms with E-state index >= 15 is 0 Å². The molecule has 0 spiro atoms. The number of hydrogen-bond acceptors (Lipinski definition) is 4. The predicted octanol–water partition coefficient (Wildman–Crippen LogP) is 1.57. The van der Waals surface area contributed by atoms with Crippen LogP contribution in [0.1, 0.15) is 35.8 Å². The molecule has 0 saturated carbocycles. The third-order valence-corrected chi connectivity index (χ3v) is 4.03. The molecule has 6 heteroatoms. The lowest BCUT2D eigenvalue weighted by atomic mass is 10.1. The lowest BCUT2D eigenvalue weighted by Crippen LogP contribution is -2.36. The van der Waals surface area contributed by atoms with Gasteiger partial charge in [0.2, 0.25) is 5.91 Å². The smallest absolute Gasteiger partial charge is 0.234 e. The first-order valence-corrected chi connectivity index (χ1v) is 7.64. The van der Waals surface area contributed by atoms with E-state index in [9.17, 15) is 4.79 Å². The molecule has 1 saturated heterocycles. The molecule has 0 bridgehead atoms. The van der Waals surface area contributed by atoms with Crippen LogP contribution in [0.25, 0.3) is 0 Å². The maximum absolute atomic E-state index is 12.2. The van der Waals surface area contributed by atoms with Gasteiger partial charge in [0.15, 0.2) is 0 Å². The van der Waals surface area contributed by atoms with Gasteiger partial charge >= 0.3 is 0 Å². The fourth-order valence-corrected chi connectivity index (χ4v) is 2.96. The Labute approximate surface area is 129 Å². The molecule has 0 unspecified atom stereocenters. The fourth-order valence-electron chi connectivity index (χ4n) is 2.96. The molecule has 1 aliphatic heterocycles. The molecule has 1 aromatic carbocycles. The molecule has 2 N–H and O–H groups in total. The zero-order valence-electron chi connectivity index (χ0n) is 12.7. The Morgan fingerprint density at radius 3 is 3.18 bits per heavy atom. The summed E-state index contributed by atoms with van der Waals surface area (Å²) >= 11 is 0. The number of aromatic nitrogens is 3.